The van der Waals surface area contributed by atoms with Gasteiger partial charge in [0.05, 0.1) is 5.25 Å². The van der Waals surface area contributed by atoms with Crippen LogP contribution in [-0.4, -0.2) is 21.4 Å². The normalized spacial score (nSPS) is 12.0. The Balaban J connectivity index is 1.62. The van der Waals surface area contributed by atoms with Gasteiger partial charge in [-0.3, -0.25) is 4.79 Å². The molecule has 0 saturated carbocycles. The minimum absolute atomic E-state index is 0.228. The maximum Gasteiger partial charge on any atom is 0.277 e. The molecule has 0 fully saturated rings. The molecule has 1 aromatic heterocycles. The maximum atomic E-state index is 12.9. The van der Waals surface area contributed by atoms with Gasteiger partial charge in [-0.15, -0.1) is 10.2 Å². The predicted molar refractivity (Wildman–Crippen MR) is 99.5 cm³/mol. The Kier molecular flexibility index (Phi) is 5.68. The highest BCUT2D eigenvalue weighted by Gasteiger charge is 2.19. The molecule has 1 unspecified atom stereocenters. The van der Waals surface area contributed by atoms with Crippen LogP contribution in [0.5, 0.6) is 0 Å². The third-order valence-electron chi connectivity index (χ3n) is 3.77. The van der Waals surface area contributed by atoms with Crippen LogP contribution in [0.25, 0.3) is 11.5 Å². The summed E-state index contributed by atoms with van der Waals surface area (Å²) in [5.74, 6) is -0.161. The van der Waals surface area contributed by atoms with E-state index in [4.69, 9.17) is 4.42 Å². The second-order valence-electron chi connectivity index (χ2n) is 5.68. The van der Waals surface area contributed by atoms with Gasteiger partial charge < -0.3 is 9.73 Å². The van der Waals surface area contributed by atoms with Crippen LogP contribution in [0.3, 0.4) is 0 Å². The van der Waals surface area contributed by atoms with Gasteiger partial charge >= 0.3 is 0 Å². The third-order valence-corrected chi connectivity index (χ3v) is 4.71. The van der Waals surface area contributed by atoms with Crippen molar-refractivity contribution in [1.82, 2.24) is 10.2 Å². The minimum atomic E-state index is -0.448. The van der Waals surface area contributed by atoms with Gasteiger partial charge in [-0.2, -0.15) is 0 Å². The summed E-state index contributed by atoms with van der Waals surface area (Å²) < 4.78 is 18.6. The van der Waals surface area contributed by atoms with Crippen molar-refractivity contribution < 1.29 is 13.6 Å². The Hall–Kier alpha value is -2.67. The smallest absolute Gasteiger partial charge is 0.277 e. The molecule has 2 aromatic carbocycles. The van der Waals surface area contributed by atoms with Crippen molar-refractivity contribution in [2.45, 2.75) is 30.7 Å². The number of aryl methyl sites for hydroxylation is 1. The minimum Gasteiger partial charge on any atom is -0.411 e. The van der Waals surface area contributed by atoms with Gasteiger partial charge in [-0.05, 0) is 55.3 Å². The molecule has 0 bridgehead atoms. The summed E-state index contributed by atoms with van der Waals surface area (Å²) in [4.78, 5) is 12.2. The van der Waals surface area contributed by atoms with Crippen LogP contribution in [0.15, 0.2) is 58.2 Å². The average Bonchev–Trinajstić information content (AvgIpc) is 3.12. The van der Waals surface area contributed by atoms with E-state index in [-0.39, 0.29) is 11.7 Å². The summed E-state index contributed by atoms with van der Waals surface area (Å²) >= 11 is 1.17. The lowest BCUT2D eigenvalue weighted by Gasteiger charge is -2.09. The molecule has 0 aliphatic heterocycles. The molecule has 0 aliphatic carbocycles. The van der Waals surface area contributed by atoms with Gasteiger partial charge in [0.1, 0.15) is 5.82 Å². The van der Waals surface area contributed by atoms with Gasteiger partial charge in [0.2, 0.25) is 11.8 Å². The van der Waals surface area contributed by atoms with Crippen molar-refractivity contribution in [2.75, 3.05) is 5.32 Å². The van der Waals surface area contributed by atoms with E-state index < -0.39 is 5.25 Å². The highest BCUT2D eigenvalue weighted by atomic mass is 32.2. The van der Waals surface area contributed by atoms with Crippen molar-refractivity contribution in [3.05, 3.63) is 59.9 Å². The Labute approximate surface area is 155 Å². The van der Waals surface area contributed by atoms with E-state index in [1.165, 1.54) is 41.6 Å². The number of carbonyl (C=O) groups excluding carboxylic acids is 1. The van der Waals surface area contributed by atoms with Crippen molar-refractivity contribution in [1.29, 1.82) is 0 Å². The van der Waals surface area contributed by atoms with Gasteiger partial charge in [-0.1, -0.05) is 30.8 Å². The molecule has 0 aliphatic rings. The number of nitrogens with one attached hydrogen (secondary N) is 1. The van der Waals surface area contributed by atoms with Crippen LogP contribution in [0.1, 0.15) is 19.4 Å². The lowest BCUT2D eigenvalue weighted by atomic mass is 10.1. The molecule has 0 saturated heterocycles. The molecule has 7 heteroatoms. The first kappa shape index (κ1) is 18.1. The fourth-order valence-electron chi connectivity index (χ4n) is 2.24. The second kappa shape index (κ2) is 8.14. The van der Waals surface area contributed by atoms with E-state index >= 15 is 0 Å². The highest BCUT2D eigenvalue weighted by molar-refractivity contribution is 8.00. The van der Waals surface area contributed by atoms with Crippen LogP contribution in [-0.2, 0) is 11.2 Å². The van der Waals surface area contributed by atoms with Crippen molar-refractivity contribution >= 4 is 23.4 Å². The molecule has 5 nitrogen and oxygen atoms in total. The van der Waals surface area contributed by atoms with Gasteiger partial charge in [0, 0.05) is 11.3 Å². The Morgan fingerprint density at radius 2 is 1.85 bits per heavy atom. The summed E-state index contributed by atoms with van der Waals surface area (Å²) in [6.45, 7) is 3.83. The number of carbonyl (C=O) groups is 1. The summed E-state index contributed by atoms with van der Waals surface area (Å²) in [5.41, 5.74) is 2.60. The van der Waals surface area contributed by atoms with E-state index in [0.29, 0.717) is 16.8 Å². The van der Waals surface area contributed by atoms with Gasteiger partial charge in [0.15, 0.2) is 0 Å². The summed E-state index contributed by atoms with van der Waals surface area (Å²) in [5, 5.41) is 10.6. The number of halogens is 1. The topological polar surface area (TPSA) is 68.0 Å². The first-order valence-corrected chi connectivity index (χ1v) is 9.09. The molecule has 0 radical (unpaired) electrons. The molecule has 1 amide bonds. The van der Waals surface area contributed by atoms with E-state index in [1.54, 1.807) is 6.92 Å². The Morgan fingerprint density at radius 1 is 1.15 bits per heavy atom. The van der Waals surface area contributed by atoms with Crippen LogP contribution < -0.4 is 5.32 Å². The number of hydrogen-bond acceptors (Lipinski definition) is 5. The lowest BCUT2D eigenvalue weighted by Crippen LogP contribution is -2.22. The zero-order chi connectivity index (χ0) is 18.5. The van der Waals surface area contributed by atoms with Crippen molar-refractivity contribution in [2.24, 2.45) is 0 Å². The number of amides is 1. The number of anilines is 1. The fraction of sp³-hybridized carbons (Fsp3) is 0.211. The largest absolute Gasteiger partial charge is 0.411 e. The van der Waals surface area contributed by atoms with Crippen LogP contribution in [0, 0.1) is 5.82 Å². The average molecular weight is 371 g/mol. The summed E-state index contributed by atoms with van der Waals surface area (Å²) in [6.07, 6.45) is 0.964. The highest BCUT2D eigenvalue weighted by Crippen LogP contribution is 2.27. The predicted octanol–water partition coefficient (Wildman–Crippen LogP) is 4.56. The Morgan fingerprint density at radius 3 is 2.50 bits per heavy atom. The molecule has 134 valence electrons. The lowest BCUT2D eigenvalue weighted by molar-refractivity contribution is -0.115. The van der Waals surface area contributed by atoms with Crippen molar-refractivity contribution in [3.63, 3.8) is 0 Å². The Bertz CT molecular complexity index is 879. The quantitative estimate of drug-likeness (QED) is 0.644. The molecule has 26 heavy (non-hydrogen) atoms. The number of nitrogens with zero attached hydrogens (tertiary/aromatic N) is 2. The number of thioether (sulfide) groups is 1. The zero-order valence-electron chi connectivity index (χ0n) is 14.4. The van der Waals surface area contributed by atoms with E-state index in [1.807, 2.05) is 24.3 Å². The van der Waals surface area contributed by atoms with E-state index in [9.17, 15) is 9.18 Å². The van der Waals surface area contributed by atoms with Gasteiger partial charge in [0.25, 0.3) is 5.22 Å². The molecule has 1 N–H and O–H groups in total. The van der Waals surface area contributed by atoms with Gasteiger partial charge in [-0.25, -0.2) is 4.39 Å². The second-order valence-corrected chi connectivity index (χ2v) is 6.97. The summed E-state index contributed by atoms with van der Waals surface area (Å²) in [7, 11) is 0. The molecular formula is C19H18FN3O2S. The van der Waals surface area contributed by atoms with E-state index in [2.05, 4.69) is 22.4 Å². The summed E-state index contributed by atoms with van der Waals surface area (Å²) in [6, 6.07) is 13.5. The standard InChI is InChI=1S/C19H18FN3O2S/c1-3-13-4-6-14(7-5-13)18-22-23-19(25-18)26-12(2)17(24)21-16-10-8-15(20)9-11-16/h4-12H,3H2,1-2H3,(H,21,24). The third kappa shape index (κ3) is 4.49. The number of benzene rings is 2. The number of rotatable bonds is 6. The van der Waals surface area contributed by atoms with Crippen LogP contribution in [0.2, 0.25) is 0 Å². The number of aromatic nitrogens is 2. The molecule has 1 heterocycles. The van der Waals surface area contributed by atoms with Crippen LogP contribution in [0.4, 0.5) is 10.1 Å². The first-order valence-electron chi connectivity index (χ1n) is 8.21. The van der Waals surface area contributed by atoms with E-state index in [0.717, 1.165) is 12.0 Å². The fourth-order valence-corrected chi connectivity index (χ4v) is 2.92. The SMILES string of the molecule is CCc1ccc(-c2nnc(SC(C)C(=O)Nc3ccc(F)cc3)o2)cc1. The molecule has 0 spiro atoms. The molecule has 3 aromatic rings. The first-order chi connectivity index (χ1) is 12.5. The zero-order valence-corrected chi connectivity index (χ0v) is 15.2. The number of hydrogen-bond donors (Lipinski definition) is 1. The molecular weight excluding hydrogens is 353 g/mol. The van der Waals surface area contributed by atoms with Crippen LogP contribution >= 0.6 is 11.8 Å². The monoisotopic (exact) mass is 371 g/mol. The molecule has 1 atom stereocenters. The maximum absolute atomic E-state index is 12.9. The molecule has 3 rings (SSSR count). The van der Waals surface area contributed by atoms with Crippen molar-refractivity contribution in [3.8, 4) is 11.5 Å².